The van der Waals surface area contributed by atoms with Crippen molar-refractivity contribution in [2.45, 2.75) is 20.4 Å². The largest absolute Gasteiger partial charge is 0.466 e. The van der Waals surface area contributed by atoms with E-state index in [4.69, 9.17) is 0 Å². The molecule has 0 fully saturated rings. The van der Waals surface area contributed by atoms with Gasteiger partial charge in [-0.3, -0.25) is 4.68 Å². The van der Waals surface area contributed by atoms with Gasteiger partial charge in [0, 0.05) is 24.4 Å². The average molecular weight is 208 g/mol. The lowest BCUT2D eigenvalue weighted by Crippen LogP contribution is -2.03. The highest BCUT2D eigenvalue weighted by Gasteiger charge is 1.99. The minimum atomic E-state index is -0.355. The molecule has 0 aliphatic rings. The highest BCUT2D eigenvalue weighted by Crippen LogP contribution is 2.03. The standard InChI is InChI=1S/C11H16N2O2/c1-9(2)7-13-8-10(6-12-13)4-5-11(14)15-3/h4-6,8-9H,7H2,1-3H3. The van der Waals surface area contributed by atoms with Crippen LogP contribution >= 0.6 is 0 Å². The van der Waals surface area contributed by atoms with Crippen molar-refractivity contribution in [3.63, 3.8) is 0 Å². The SMILES string of the molecule is COC(=O)C=Cc1cnn(CC(C)C)c1. The van der Waals surface area contributed by atoms with Crippen molar-refractivity contribution in [1.29, 1.82) is 0 Å². The van der Waals surface area contributed by atoms with E-state index in [1.807, 2.05) is 10.9 Å². The molecule has 1 aromatic heterocycles. The van der Waals surface area contributed by atoms with Crippen LogP contribution in [-0.2, 0) is 16.1 Å². The van der Waals surface area contributed by atoms with Gasteiger partial charge < -0.3 is 4.74 Å². The summed E-state index contributed by atoms with van der Waals surface area (Å²) in [6, 6.07) is 0. The number of rotatable bonds is 4. The number of carbonyl (C=O) groups excluding carboxylic acids is 1. The monoisotopic (exact) mass is 208 g/mol. The van der Waals surface area contributed by atoms with Gasteiger partial charge in [-0.1, -0.05) is 13.8 Å². The molecular formula is C11H16N2O2. The molecule has 0 saturated carbocycles. The Balaban J connectivity index is 2.60. The molecular weight excluding hydrogens is 192 g/mol. The molecule has 0 saturated heterocycles. The normalized spacial score (nSPS) is 11.2. The van der Waals surface area contributed by atoms with Crippen LogP contribution in [0, 0.1) is 5.92 Å². The van der Waals surface area contributed by atoms with E-state index in [2.05, 4.69) is 23.7 Å². The molecule has 1 heterocycles. The number of methoxy groups -OCH3 is 1. The molecule has 0 radical (unpaired) electrons. The molecule has 1 rings (SSSR count). The molecule has 4 nitrogen and oxygen atoms in total. The van der Waals surface area contributed by atoms with Crippen LogP contribution in [0.2, 0.25) is 0 Å². The fourth-order valence-electron chi connectivity index (χ4n) is 1.17. The Kier molecular flexibility index (Phi) is 4.09. The molecule has 4 heteroatoms. The predicted molar refractivity (Wildman–Crippen MR) is 58.1 cm³/mol. The van der Waals surface area contributed by atoms with Crippen LogP contribution in [-0.4, -0.2) is 22.9 Å². The van der Waals surface area contributed by atoms with Gasteiger partial charge in [-0.15, -0.1) is 0 Å². The Hall–Kier alpha value is -1.58. The van der Waals surface area contributed by atoms with Crippen LogP contribution in [0.25, 0.3) is 6.08 Å². The third-order valence-corrected chi connectivity index (χ3v) is 1.82. The van der Waals surface area contributed by atoms with E-state index < -0.39 is 0 Å². The Labute approximate surface area is 89.5 Å². The van der Waals surface area contributed by atoms with Crippen molar-refractivity contribution in [2.75, 3.05) is 7.11 Å². The number of nitrogens with zero attached hydrogens (tertiary/aromatic N) is 2. The summed E-state index contributed by atoms with van der Waals surface area (Å²) in [6.45, 7) is 5.14. The summed E-state index contributed by atoms with van der Waals surface area (Å²) in [5.41, 5.74) is 0.904. The van der Waals surface area contributed by atoms with Gasteiger partial charge in [-0.25, -0.2) is 4.79 Å². The maximum Gasteiger partial charge on any atom is 0.330 e. The number of hydrogen-bond donors (Lipinski definition) is 0. The second-order valence-electron chi connectivity index (χ2n) is 3.75. The minimum absolute atomic E-state index is 0.355. The Morgan fingerprint density at radius 3 is 3.00 bits per heavy atom. The van der Waals surface area contributed by atoms with Gasteiger partial charge in [0.2, 0.25) is 0 Å². The summed E-state index contributed by atoms with van der Waals surface area (Å²) in [5, 5.41) is 4.17. The van der Waals surface area contributed by atoms with E-state index >= 15 is 0 Å². The van der Waals surface area contributed by atoms with Gasteiger partial charge in [0.1, 0.15) is 0 Å². The predicted octanol–water partition coefficient (Wildman–Crippen LogP) is 1.73. The molecule has 0 amide bonds. The zero-order valence-electron chi connectivity index (χ0n) is 9.30. The Morgan fingerprint density at radius 2 is 2.40 bits per heavy atom. The lowest BCUT2D eigenvalue weighted by Gasteiger charge is -2.02. The average Bonchev–Trinajstić information content (AvgIpc) is 2.61. The van der Waals surface area contributed by atoms with Crippen molar-refractivity contribution in [3.05, 3.63) is 24.0 Å². The summed E-state index contributed by atoms with van der Waals surface area (Å²) in [7, 11) is 1.36. The number of esters is 1. The summed E-state index contributed by atoms with van der Waals surface area (Å²) >= 11 is 0. The molecule has 0 aliphatic heterocycles. The fourth-order valence-corrected chi connectivity index (χ4v) is 1.17. The summed E-state index contributed by atoms with van der Waals surface area (Å²) in [6.07, 6.45) is 6.70. The quantitative estimate of drug-likeness (QED) is 0.559. The lowest BCUT2D eigenvalue weighted by atomic mass is 10.2. The maximum absolute atomic E-state index is 10.8. The summed E-state index contributed by atoms with van der Waals surface area (Å²) < 4.78 is 6.35. The van der Waals surface area contributed by atoms with Crippen LogP contribution in [0.4, 0.5) is 0 Å². The van der Waals surface area contributed by atoms with Gasteiger partial charge in [-0.05, 0) is 12.0 Å². The first kappa shape index (κ1) is 11.5. The van der Waals surface area contributed by atoms with E-state index in [-0.39, 0.29) is 5.97 Å². The maximum atomic E-state index is 10.8. The lowest BCUT2D eigenvalue weighted by molar-refractivity contribution is -0.134. The van der Waals surface area contributed by atoms with Gasteiger partial charge in [0.25, 0.3) is 0 Å². The van der Waals surface area contributed by atoms with Crippen molar-refractivity contribution in [3.8, 4) is 0 Å². The topological polar surface area (TPSA) is 44.1 Å². The summed E-state index contributed by atoms with van der Waals surface area (Å²) in [5.74, 6) is 0.203. The molecule has 0 aromatic carbocycles. The van der Waals surface area contributed by atoms with E-state index in [1.54, 1.807) is 12.3 Å². The number of hydrogen-bond acceptors (Lipinski definition) is 3. The van der Waals surface area contributed by atoms with E-state index in [0.29, 0.717) is 5.92 Å². The van der Waals surface area contributed by atoms with Crippen molar-refractivity contribution < 1.29 is 9.53 Å². The molecule has 15 heavy (non-hydrogen) atoms. The molecule has 0 N–H and O–H groups in total. The van der Waals surface area contributed by atoms with E-state index in [1.165, 1.54) is 13.2 Å². The van der Waals surface area contributed by atoms with Crippen LogP contribution in [0.15, 0.2) is 18.5 Å². The molecule has 0 unspecified atom stereocenters. The first-order valence-corrected chi connectivity index (χ1v) is 4.90. The van der Waals surface area contributed by atoms with Crippen molar-refractivity contribution in [2.24, 2.45) is 5.92 Å². The van der Waals surface area contributed by atoms with Crippen LogP contribution in [0.1, 0.15) is 19.4 Å². The molecule has 0 atom stereocenters. The minimum Gasteiger partial charge on any atom is -0.466 e. The highest BCUT2D eigenvalue weighted by molar-refractivity contribution is 5.86. The Morgan fingerprint density at radius 1 is 1.67 bits per heavy atom. The van der Waals surface area contributed by atoms with Gasteiger partial charge >= 0.3 is 5.97 Å². The second kappa shape index (κ2) is 5.34. The first-order valence-electron chi connectivity index (χ1n) is 4.90. The highest BCUT2D eigenvalue weighted by atomic mass is 16.5. The van der Waals surface area contributed by atoms with Crippen molar-refractivity contribution >= 4 is 12.0 Å². The first-order chi connectivity index (χ1) is 7.11. The van der Waals surface area contributed by atoms with Crippen molar-refractivity contribution in [1.82, 2.24) is 9.78 Å². The zero-order chi connectivity index (χ0) is 11.3. The third-order valence-electron chi connectivity index (χ3n) is 1.82. The fraction of sp³-hybridized carbons (Fsp3) is 0.455. The summed E-state index contributed by atoms with van der Waals surface area (Å²) in [4.78, 5) is 10.8. The molecule has 0 spiro atoms. The molecule has 0 aliphatic carbocycles. The number of aromatic nitrogens is 2. The van der Waals surface area contributed by atoms with Crippen LogP contribution < -0.4 is 0 Å². The third kappa shape index (κ3) is 3.97. The number of ether oxygens (including phenoxy) is 1. The molecule has 82 valence electrons. The van der Waals surface area contributed by atoms with E-state index in [9.17, 15) is 4.79 Å². The second-order valence-corrected chi connectivity index (χ2v) is 3.75. The number of carbonyl (C=O) groups is 1. The van der Waals surface area contributed by atoms with Crippen LogP contribution in [0.5, 0.6) is 0 Å². The smallest absolute Gasteiger partial charge is 0.330 e. The van der Waals surface area contributed by atoms with E-state index in [0.717, 1.165) is 12.1 Å². The van der Waals surface area contributed by atoms with Crippen LogP contribution in [0.3, 0.4) is 0 Å². The van der Waals surface area contributed by atoms with Gasteiger partial charge in [0.15, 0.2) is 0 Å². The van der Waals surface area contributed by atoms with Gasteiger partial charge in [-0.2, -0.15) is 5.10 Å². The Bertz CT molecular complexity index is 353. The molecule has 0 bridgehead atoms. The van der Waals surface area contributed by atoms with Gasteiger partial charge in [0.05, 0.1) is 13.3 Å². The zero-order valence-corrected chi connectivity index (χ0v) is 9.30. The molecule has 1 aromatic rings.